The van der Waals surface area contributed by atoms with Crippen molar-refractivity contribution in [2.75, 3.05) is 48.4 Å². The second-order valence-corrected chi connectivity index (χ2v) is 7.13. The van der Waals surface area contributed by atoms with E-state index in [0.717, 1.165) is 43.4 Å². The van der Waals surface area contributed by atoms with Crippen molar-refractivity contribution < 1.29 is 4.74 Å². The number of rotatable bonds is 6. The third-order valence-electron chi connectivity index (χ3n) is 5.11. The van der Waals surface area contributed by atoms with Gasteiger partial charge in [-0.05, 0) is 24.6 Å². The van der Waals surface area contributed by atoms with Crippen LogP contribution in [0.5, 0.6) is 5.75 Å². The first-order valence-corrected chi connectivity index (χ1v) is 9.85. The van der Waals surface area contributed by atoms with Gasteiger partial charge < -0.3 is 19.9 Å². The summed E-state index contributed by atoms with van der Waals surface area (Å²) in [5.41, 5.74) is 3.57. The van der Waals surface area contributed by atoms with Gasteiger partial charge in [-0.25, -0.2) is 0 Å². The number of nitrogens with one attached hydrogen (secondary N) is 1. The van der Waals surface area contributed by atoms with Crippen LogP contribution in [0.25, 0.3) is 0 Å². The van der Waals surface area contributed by atoms with Gasteiger partial charge in [0.25, 0.3) is 0 Å². The highest BCUT2D eigenvalue weighted by Gasteiger charge is 2.21. The first kappa shape index (κ1) is 19.0. The zero-order valence-corrected chi connectivity index (χ0v) is 16.9. The summed E-state index contributed by atoms with van der Waals surface area (Å²) < 4.78 is 5.50. The molecule has 3 aromatic rings. The number of piperazine rings is 1. The van der Waals surface area contributed by atoms with Crippen LogP contribution >= 0.6 is 0 Å². The highest BCUT2D eigenvalue weighted by atomic mass is 16.5. The zero-order valence-electron chi connectivity index (χ0n) is 16.9. The minimum atomic E-state index is 0.552. The summed E-state index contributed by atoms with van der Waals surface area (Å²) >= 11 is 0. The summed E-state index contributed by atoms with van der Waals surface area (Å²) in [6, 6.07) is 16.5. The fourth-order valence-corrected chi connectivity index (χ4v) is 3.59. The molecule has 0 unspecified atom stereocenters. The highest BCUT2D eigenvalue weighted by molar-refractivity contribution is 5.59. The maximum Gasteiger partial charge on any atom is 0.244 e. The van der Waals surface area contributed by atoms with Gasteiger partial charge in [0.05, 0.1) is 19.0 Å². The van der Waals surface area contributed by atoms with Gasteiger partial charge in [-0.3, -0.25) is 0 Å². The van der Waals surface area contributed by atoms with Gasteiger partial charge in [-0.2, -0.15) is 10.1 Å². The fraction of sp³-hybridized carbons (Fsp3) is 0.318. The average molecular weight is 390 g/mol. The lowest BCUT2D eigenvalue weighted by atomic mass is 10.1. The van der Waals surface area contributed by atoms with Crippen LogP contribution in [0.2, 0.25) is 0 Å². The van der Waals surface area contributed by atoms with Crippen molar-refractivity contribution in [3.63, 3.8) is 0 Å². The van der Waals surface area contributed by atoms with E-state index in [1.807, 2.05) is 18.2 Å². The van der Waals surface area contributed by atoms with Crippen molar-refractivity contribution in [3.8, 4) is 5.75 Å². The molecule has 0 atom stereocenters. The quantitative estimate of drug-likeness (QED) is 0.694. The number of hydrogen-bond donors (Lipinski definition) is 1. The van der Waals surface area contributed by atoms with E-state index in [0.29, 0.717) is 12.5 Å². The van der Waals surface area contributed by atoms with Gasteiger partial charge in [-0.15, -0.1) is 5.10 Å². The molecule has 0 spiro atoms. The maximum atomic E-state index is 5.50. The molecule has 0 aliphatic carbocycles. The third-order valence-corrected chi connectivity index (χ3v) is 5.11. The molecule has 1 aliphatic rings. The Labute approximate surface area is 171 Å². The predicted octanol–water partition coefficient (Wildman–Crippen LogP) is 3.13. The molecule has 0 amide bonds. The molecule has 0 radical (unpaired) electrons. The SMILES string of the molecule is COc1ccccc1N1CCN(c2cnnc(NCc3cccc(C)c3)n2)CC1. The summed E-state index contributed by atoms with van der Waals surface area (Å²) in [6.07, 6.45) is 1.73. The van der Waals surface area contributed by atoms with Crippen molar-refractivity contribution in [1.82, 2.24) is 15.2 Å². The van der Waals surface area contributed by atoms with Gasteiger partial charge in [0.2, 0.25) is 5.95 Å². The number of para-hydroxylation sites is 2. The van der Waals surface area contributed by atoms with Crippen molar-refractivity contribution >= 4 is 17.5 Å². The minimum absolute atomic E-state index is 0.552. The summed E-state index contributed by atoms with van der Waals surface area (Å²) in [4.78, 5) is 9.26. The van der Waals surface area contributed by atoms with Crippen LogP contribution in [0.3, 0.4) is 0 Å². The molecule has 29 heavy (non-hydrogen) atoms. The fourth-order valence-electron chi connectivity index (χ4n) is 3.59. The molecule has 1 aliphatic heterocycles. The molecule has 0 bridgehead atoms. The lowest BCUT2D eigenvalue weighted by Gasteiger charge is -2.37. The molecule has 2 heterocycles. The van der Waals surface area contributed by atoms with Crippen molar-refractivity contribution in [2.24, 2.45) is 0 Å². The number of aryl methyl sites for hydroxylation is 1. The molecule has 1 N–H and O–H groups in total. The summed E-state index contributed by atoms with van der Waals surface area (Å²) in [5, 5.41) is 11.6. The topological polar surface area (TPSA) is 66.4 Å². The molecule has 4 rings (SSSR count). The Morgan fingerprint density at radius 1 is 1.00 bits per heavy atom. The second kappa shape index (κ2) is 8.77. The second-order valence-electron chi connectivity index (χ2n) is 7.13. The Hall–Kier alpha value is -3.35. The van der Waals surface area contributed by atoms with E-state index in [4.69, 9.17) is 4.74 Å². The molecular weight excluding hydrogens is 364 g/mol. The van der Waals surface area contributed by atoms with Crippen LogP contribution in [-0.4, -0.2) is 48.5 Å². The van der Waals surface area contributed by atoms with Gasteiger partial charge in [-0.1, -0.05) is 42.0 Å². The van der Waals surface area contributed by atoms with Crippen molar-refractivity contribution in [2.45, 2.75) is 13.5 Å². The standard InChI is InChI=1S/C22H26N6O/c1-17-6-5-7-18(14-17)15-23-22-25-21(16-24-26-22)28-12-10-27(11-13-28)19-8-3-4-9-20(19)29-2/h3-9,14,16H,10-13,15H2,1-2H3,(H,23,25,26). The van der Waals surface area contributed by atoms with E-state index in [1.165, 1.54) is 11.1 Å². The Bertz CT molecular complexity index is 955. The number of ether oxygens (including phenoxy) is 1. The van der Waals surface area contributed by atoms with E-state index >= 15 is 0 Å². The molecule has 1 aromatic heterocycles. The normalized spacial score (nSPS) is 14.0. The van der Waals surface area contributed by atoms with Crippen molar-refractivity contribution in [1.29, 1.82) is 0 Å². The predicted molar refractivity (Wildman–Crippen MR) is 116 cm³/mol. The van der Waals surface area contributed by atoms with Crippen LogP contribution < -0.4 is 19.9 Å². The molecule has 0 saturated carbocycles. The first-order valence-electron chi connectivity index (χ1n) is 9.85. The van der Waals surface area contributed by atoms with Gasteiger partial charge >= 0.3 is 0 Å². The molecule has 150 valence electrons. The Kier molecular flexibility index (Phi) is 5.74. The van der Waals surface area contributed by atoms with Crippen molar-refractivity contribution in [3.05, 3.63) is 65.9 Å². The monoisotopic (exact) mass is 390 g/mol. The maximum absolute atomic E-state index is 5.50. The molecule has 1 saturated heterocycles. The summed E-state index contributed by atoms with van der Waals surface area (Å²) in [7, 11) is 1.72. The Morgan fingerprint density at radius 3 is 2.59 bits per heavy atom. The summed E-state index contributed by atoms with van der Waals surface area (Å²) in [5.74, 6) is 2.31. The largest absolute Gasteiger partial charge is 0.495 e. The highest BCUT2D eigenvalue weighted by Crippen LogP contribution is 2.28. The molecule has 7 heteroatoms. The van der Waals surface area contributed by atoms with Gasteiger partial charge in [0.1, 0.15) is 5.75 Å². The molecular formula is C22H26N6O. The minimum Gasteiger partial charge on any atom is -0.495 e. The number of aromatic nitrogens is 3. The first-order chi connectivity index (χ1) is 14.2. The Balaban J connectivity index is 1.38. The van der Waals surface area contributed by atoms with E-state index < -0.39 is 0 Å². The van der Waals surface area contributed by atoms with Crippen LogP contribution in [0.15, 0.2) is 54.7 Å². The average Bonchev–Trinajstić information content (AvgIpc) is 2.78. The number of nitrogens with zero attached hydrogens (tertiary/aromatic N) is 5. The number of benzene rings is 2. The Morgan fingerprint density at radius 2 is 1.79 bits per heavy atom. The lowest BCUT2D eigenvalue weighted by Crippen LogP contribution is -2.47. The smallest absolute Gasteiger partial charge is 0.244 e. The third kappa shape index (κ3) is 4.56. The van der Waals surface area contributed by atoms with Crippen LogP contribution in [0.1, 0.15) is 11.1 Å². The van der Waals surface area contributed by atoms with E-state index in [9.17, 15) is 0 Å². The number of anilines is 3. The number of hydrogen-bond acceptors (Lipinski definition) is 7. The van der Waals surface area contributed by atoms with Crippen LogP contribution in [0, 0.1) is 6.92 Å². The van der Waals surface area contributed by atoms with Gasteiger partial charge in [0.15, 0.2) is 5.82 Å². The number of methoxy groups -OCH3 is 1. The van der Waals surface area contributed by atoms with Crippen LogP contribution in [0.4, 0.5) is 17.5 Å². The molecule has 2 aromatic carbocycles. The van der Waals surface area contributed by atoms with Crippen LogP contribution in [-0.2, 0) is 6.54 Å². The lowest BCUT2D eigenvalue weighted by molar-refractivity contribution is 0.413. The molecule has 7 nitrogen and oxygen atoms in total. The van der Waals surface area contributed by atoms with E-state index in [-0.39, 0.29) is 0 Å². The summed E-state index contributed by atoms with van der Waals surface area (Å²) in [6.45, 7) is 6.30. The van der Waals surface area contributed by atoms with E-state index in [2.05, 4.69) is 67.6 Å². The van der Waals surface area contributed by atoms with E-state index in [1.54, 1.807) is 13.3 Å². The van der Waals surface area contributed by atoms with Gasteiger partial charge in [0, 0.05) is 32.7 Å². The molecule has 1 fully saturated rings. The zero-order chi connectivity index (χ0) is 20.1.